The molecule has 0 spiro atoms. The third-order valence-corrected chi connectivity index (χ3v) is 5.76. The number of nitrogens with one attached hydrogen (secondary N) is 2. The van der Waals surface area contributed by atoms with E-state index in [-0.39, 0.29) is 0 Å². The van der Waals surface area contributed by atoms with Crippen molar-refractivity contribution in [3.05, 3.63) is 88.2 Å². The quantitative estimate of drug-likeness (QED) is 0.259. The molecule has 172 valence electrons. The summed E-state index contributed by atoms with van der Waals surface area (Å²) >= 11 is 6.57. The molecule has 2 N–H and O–H groups in total. The van der Waals surface area contributed by atoms with Gasteiger partial charge in [-0.1, -0.05) is 53.6 Å². The molecule has 0 atom stereocenters. The van der Waals surface area contributed by atoms with Crippen LogP contribution in [-0.4, -0.2) is 23.1 Å². The van der Waals surface area contributed by atoms with E-state index in [0.29, 0.717) is 36.3 Å². The summed E-state index contributed by atoms with van der Waals surface area (Å²) in [7, 11) is 0. The number of H-pyrrole nitrogens is 1. The number of para-hydroxylation sites is 2. The Balaban J connectivity index is 1.31. The number of nitrogens with zero attached hydrogens (tertiary/aromatic N) is 1. The van der Waals surface area contributed by atoms with Crippen LogP contribution in [0.5, 0.6) is 11.5 Å². The summed E-state index contributed by atoms with van der Waals surface area (Å²) in [5.41, 5.74) is 5.41. The third kappa shape index (κ3) is 6.28. The van der Waals surface area contributed by atoms with E-state index in [0.717, 1.165) is 47.4 Å². The summed E-state index contributed by atoms with van der Waals surface area (Å²) in [5.74, 6) is 2.40. The minimum atomic E-state index is 0.470. The highest BCUT2D eigenvalue weighted by Crippen LogP contribution is 2.34. The lowest BCUT2D eigenvalue weighted by molar-refractivity contribution is 0.269. The summed E-state index contributed by atoms with van der Waals surface area (Å²) < 4.78 is 11.9. The summed E-state index contributed by atoms with van der Waals surface area (Å²) in [5, 5.41) is 4.15. The van der Waals surface area contributed by atoms with E-state index in [4.69, 9.17) is 21.1 Å². The summed E-state index contributed by atoms with van der Waals surface area (Å²) in [6.07, 6.45) is 1.87. The van der Waals surface area contributed by atoms with E-state index in [1.165, 1.54) is 5.56 Å². The zero-order chi connectivity index (χ0) is 23.0. The normalized spacial score (nSPS) is 11.1. The minimum absolute atomic E-state index is 0.470. The van der Waals surface area contributed by atoms with Gasteiger partial charge in [-0.05, 0) is 56.1 Å². The molecule has 0 unspecified atom stereocenters. The number of rotatable bonds is 11. The van der Waals surface area contributed by atoms with Gasteiger partial charge in [-0.25, -0.2) is 4.98 Å². The molecule has 3 aromatic carbocycles. The summed E-state index contributed by atoms with van der Waals surface area (Å²) in [6, 6.07) is 20.2. The molecular formula is C27H30ClN3O2. The number of halogens is 1. The lowest BCUT2D eigenvalue weighted by atomic mass is 10.1. The van der Waals surface area contributed by atoms with Crippen LogP contribution in [-0.2, 0) is 19.6 Å². The van der Waals surface area contributed by atoms with Crippen molar-refractivity contribution in [2.75, 3.05) is 13.2 Å². The SMILES string of the molecule is CCOc1cc(CNCCCc2nc3ccccc3[nH]2)c(Cl)cc1OCc1cccc(C)c1. The molecule has 0 amide bonds. The monoisotopic (exact) mass is 463 g/mol. The number of imidazole rings is 1. The molecule has 6 heteroatoms. The van der Waals surface area contributed by atoms with Crippen molar-refractivity contribution in [3.63, 3.8) is 0 Å². The molecule has 4 aromatic rings. The Morgan fingerprint density at radius 1 is 1.00 bits per heavy atom. The number of ether oxygens (including phenoxy) is 2. The maximum Gasteiger partial charge on any atom is 0.163 e. The molecule has 1 heterocycles. The molecular weight excluding hydrogens is 434 g/mol. The maximum absolute atomic E-state index is 6.57. The van der Waals surface area contributed by atoms with E-state index in [9.17, 15) is 0 Å². The highest BCUT2D eigenvalue weighted by atomic mass is 35.5. The first kappa shape index (κ1) is 23.1. The Morgan fingerprint density at radius 2 is 1.85 bits per heavy atom. The van der Waals surface area contributed by atoms with Gasteiger partial charge in [0.1, 0.15) is 12.4 Å². The van der Waals surface area contributed by atoms with Crippen LogP contribution in [0.3, 0.4) is 0 Å². The van der Waals surface area contributed by atoms with E-state index in [1.54, 1.807) is 0 Å². The van der Waals surface area contributed by atoms with Crippen LogP contribution in [0, 0.1) is 6.92 Å². The fraction of sp³-hybridized carbons (Fsp3) is 0.296. The van der Waals surface area contributed by atoms with Crippen molar-refractivity contribution in [1.82, 2.24) is 15.3 Å². The molecule has 4 rings (SSSR count). The van der Waals surface area contributed by atoms with Gasteiger partial charge in [0, 0.05) is 24.1 Å². The molecule has 0 bridgehead atoms. The van der Waals surface area contributed by atoms with Crippen molar-refractivity contribution < 1.29 is 9.47 Å². The predicted octanol–water partition coefficient (Wildman–Crippen LogP) is 6.22. The van der Waals surface area contributed by atoms with E-state index in [2.05, 4.69) is 46.5 Å². The van der Waals surface area contributed by atoms with Gasteiger partial charge < -0.3 is 19.8 Å². The second-order valence-electron chi connectivity index (χ2n) is 8.08. The summed E-state index contributed by atoms with van der Waals surface area (Å²) in [6.45, 7) is 6.60. The first-order valence-corrected chi connectivity index (χ1v) is 11.8. The van der Waals surface area contributed by atoms with Gasteiger partial charge >= 0.3 is 0 Å². The van der Waals surface area contributed by atoms with Crippen LogP contribution in [0.4, 0.5) is 0 Å². The molecule has 0 radical (unpaired) electrons. The number of hydrogen-bond acceptors (Lipinski definition) is 4. The predicted molar refractivity (Wildman–Crippen MR) is 134 cm³/mol. The van der Waals surface area contributed by atoms with Gasteiger partial charge in [-0.15, -0.1) is 0 Å². The number of aryl methyl sites for hydroxylation is 2. The average Bonchev–Trinajstić information content (AvgIpc) is 3.22. The van der Waals surface area contributed by atoms with Crippen LogP contribution in [0.15, 0.2) is 60.7 Å². The van der Waals surface area contributed by atoms with Crippen molar-refractivity contribution in [2.24, 2.45) is 0 Å². The lowest BCUT2D eigenvalue weighted by Gasteiger charge is -2.15. The van der Waals surface area contributed by atoms with E-state index < -0.39 is 0 Å². The van der Waals surface area contributed by atoms with Crippen LogP contribution in [0.1, 0.15) is 35.9 Å². The van der Waals surface area contributed by atoms with Crippen molar-refractivity contribution in [2.45, 2.75) is 39.8 Å². The highest BCUT2D eigenvalue weighted by molar-refractivity contribution is 6.31. The van der Waals surface area contributed by atoms with Gasteiger partial charge in [0.05, 0.1) is 17.6 Å². The second-order valence-corrected chi connectivity index (χ2v) is 8.49. The molecule has 5 nitrogen and oxygen atoms in total. The second kappa shape index (κ2) is 11.2. The zero-order valence-corrected chi connectivity index (χ0v) is 19.9. The first-order chi connectivity index (χ1) is 16.1. The smallest absolute Gasteiger partial charge is 0.163 e. The van der Waals surface area contributed by atoms with Gasteiger partial charge in [0.25, 0.3) is 0 Å². The Bertz CT molecular complexity index is 1170. The first-order valence-electron chi connectivity index (χ1n) is 11.4. The van der Waals surface area contributed by atoms with Crippen molar-refractivity contribution >= 4 is 22.6 Å². The van der Waals surface area contributed by atoms with Gasteiger partial charge in [0.15, 0.2) is 11.5 Å². The minimum Gasteiger partial charge on any atom is -0.490 e. The number of aromatic nitrogens is 2. The largest absolute Gasteiger partial charge is 0.490 e. The highest BCUT2D eigenvalue weighted by Gasteiger charge is 2.12. The lowest BCUT2D eigenvalue weighted by Crippen LogP contribution is -2.16. The standard InChI is InChI=1S/C27H30ClN3O2/c1-3-32-25-15-21(22(28)16-26(25)33-18-20-9-6-8-19(2)14-20)17-29-13-7-12-27-30-23-10-4-5-11-24(23)31-27/h4-6,8-11,14-16,29H,3,7,12-13,17-18H2,1-2H3,(H,30,31). The van der Waals surface area contributed by atoms with Crippen LogP contribution < -0.4 is 14.8 Å². The molecule has 0 fully saturated rings. The topological polar surface area (TPSA) is 59.2 Å². The number of benzene rings is 3. The molecule has 0 saturated carbocycles. The van der Waals surface area contributed by atoms with Gasteiger partial charge in [-0.2, -0.15) is 0 Å². The average molecular weight is 464 g/mol. The number of hydrogen-bond donors (Lipinski definition) is 2. The molecule has 0 aliphatic heterocycles. The van der Waals surface area contributed by atoms with E-state index in [1.807, 2.05) is 43.3 Å². The van der Waals surface area contributed by atoms with Crippen molar-refractivity contribution in [1.29, 1.82) is 0 Å². The van der Waals surface area contributed by atoms with Crippen LogP contribution in [0.25, 0.3) is 11.0 Å². The third-order valence-electron chi connectivity index (χ3n) is 5.41. The van der Waals surface area contributed by atoms with Gasteiger partial charge in [0.2, 0.25) is 0 Å². The Kier molecular flexibility index (Phi) is 7.87. The fourth-order valence-electron chi connectivity index (χ4n) is 3.78. The molecule has 33 heavy (non-hydrogen) atoms. The van der Waals surface area contributed by atoms with Crippen LogP contribution in [0.2, 0.25) is 5.02 Å². The Morgan fingerprint density at radius 3 is 2.67 bits per heavy atom. The number of aromatic amines is 1. The molecule has 0 aliphatic rings. The van der Waals surface area contributed by atoms with Crippen molar-refractivity contribution in [3.8, 4) is 11.5 Å². The molecule has 1 aromatic heterocycles. The Hall–Kier alpha value is -3.02. The fourth-order valence-corrected chi connectivity index (χ4v) is 4.01. The molecule has 0 saturated heterocycles. The zero-order valence-electron chi connectivity index (χ0n) is 19.2. The summed E-state index contributed by atoms with van der Waals surface area (Å²) in [4.78, 5) is 8.01. The molecule has 0 aliphatic carbocycles. The maximum atomic E-state index is 6.57. The van der Waals surface area contributed by atoms with Gasteiger partial charge in [-0.3, -0.25) is 0 Å². The number of fused-ring (bicyclic) bond motifs is 1. The Labute approximate surface area is 200 Å². The van der Waals surface area contributed by atoms with Crippen LogP contribution >= 0.6 is 11.6 Å². The van der Waals surface area contributed by atoms with E-state index >= 15 is 0 Å².